The van der Waals surface area contributed by atoms with Gasteiger partial charge in [-0.25, -0.2) is 0 Å². The molecule has 0 saturated carbocycles. The zero-order chi connectivity index (χ0) is 11.4. The number of hydrogen-bond acceptors (Lipinski definition) is 3. The Hall–Kier alpha value is -1.22. The van der Waals surface area contributed by atoms with E-state index < -0.39 is 0 Å². The Balaban J connectivity index is 2.84. The quantitative estimate of drug-likeness (QED) is 0.826. The summed E-state index contributed by atoms with van der Waals surface area (Å²) in [6.07, 6.45) is -0.0263. The van der Waals surface area contributed by atoms with Crippen molar-refractivity contribution in [1.82, 2.24) is 0 Å². The minimum Gasteiger partial charge on any atom is -0.493 e. The van der Waals surface area contributed by atoms with Crippen molar-refractivity contribution in [1.29, 1.82) is 0 Å². The average molecular weight is 209 g/mol. The zero-order valence-corrected chi connectivity index (χ0v) is 9.78. The van der Waals surface area contributed by atoms with E-state index >= 15 is 0 Å². The van der Waals surface area contributed by atoms with E-state index in [-0.39, 0.29) is 12.1 Å². The molecule has 2 N–H and O–H groups in total. The van der Waals surface area contributed by atoms with Crippen LogP contribution in [0.5, 0.6) is 11.5 Å². The van der Waals surface area contributed by atoms with Gasteiger partial charge in [-0.05, 0) is 38.5 Å². The Morgan fingerprint density at radius 1 is 1.20 bits per heavy atom. The number of benzene rings is 1. The third-order valence-corrected chi connectivity index (χ3v) is 2.37. The summed E-state index contributed by atoms with van der Waals surface area (Å²) in [5.41, 5.74) is 6.89. The van der Waals surface area contributed by atoms with Crippen molar-refractivity contribution in [2.45, 2.75) is 32.9 Å². The molecule has 15 heavy (non-hydrogen) atoms. The lowest BCUT2D eigenvalue weighted by Gasteiger charge is -2.19. The molecule has 84 valence electrons. The molecule has 0 aliphatic heterocycles. The van der Waals surface area contributed by atoms with Gasteiger partial charge >= 0.3 is 0 Å². The zero-order valence-electron chi connectivity index (χ0n) is 9.78. The number of ether oxygens (including phenoxy) is 2. The van der Waals surface area contributed by atoms with Crippen LogP contribution in [0.4, 0.5) is 0 Å². The second kappa shape index (κ2) is 5.03. The van der Waals surface area contributed by atoms with E-state index in [4.69, 9.17) is 15.2 Å². The Morgan fingerprint density at radius 3 is 2.40 bits per heavy atom. The van der Waals surface area contributed by atoms with E-state index in [1.807, 2.05) is 39.0 Å². The first-order valence-electron chi connectivity index (χ1n) is 5.11. The molecule has 0 saturated heterocycles. The molecule has 0 radical (unpaired) electrons. The highest BCUT2D eigenvalue weighted by Gasteiger charge is 2.12. The largest absolute Gasteiger partial charge is 0.493 e. The fourth-order valence-electron chi connectivity index (χ4n) is 1.18. The van der Waals surface area contributed by atoms with E-state index in [9.17, 15) is 0 Å². The van der Waals surface area contributed by atoms with E-state index in [0.29, 0.717) is 0 Å². The Bertz CT molecular complexity index is 323. The van der Waals surface area contributed by atoms with E-state index in [1.54, 1.807) is 7.11 Å². The molecule has 3 heteroatoms. The van der Waals surface area contributed by atoms with Gasteiger partial charge in [0, 0.05) is 6.04 Å². The van der Waals surface area contributed by atoms with Crippen LogP contribution in [-0.4, -0.2) is 19.3 Å². The van der Waals surface area contributed by atoms with Gasteiger partial charge in [-0.1, -0.05) is 6.07 Å². The fourth-order valence-corrected chi connectivity index (χ4v) is 1.18. The molecule has 0 fully saturated rings. The lowest BCUT2D eigenvalue weighted by molar-refractivity contribution is 0.188. The van der Waals surface area contributed by atoms with Crippen LogP contribution in [0.1, 0.15) is 19.4 Å². The molecule has 2 atom stereocenters. The summed E-state index contributed by atoms with van der Waals surface area (Å²) in [5.74, 6) is 1.50. The Labute approximate surface area is 91.2 Å². The lowest BCUT2D eigenvalue weighted by atomic mass is 10.2. The molecule has 1 rings (SSSR count). The highest BCUT2D eigenvalue weighted by atomic mass is 16.5. The van der Waals surface area contributed by atoms with Crippen molar-refractivity contribution in [3.05, 3.63) is 23.8 Å². The highest BCUT2D eigenvalue weighted by Crippen LogP contribution is 2.28. The van der Waals surface area contributed by atoms with Crippen LogP contribution in [0.15, 0.2) is 18.2 Å². The molecule has 0 amide bonds. The highest BCUT2D eigenvalue weighted by molar-refractivity contribution is 5.42. The van der Waals surface area contributed by atoms with Gasteiger partial charge in [0.2, 0.25) is 0 Å². The van der Waals surface area contributed by atoms with Gasteiger partial charge in [0.25, 0.3) is 0 Å². The first kappa shape index (κ1) is 11.9. The van der Waals surface area contributed by atoms with Gasteiger partial charge in [0.15, 0.2) is 11.5 Å². The van der Waals surface area contributed by atoms with E-state index in [0.717, 1.165) is 17.1 Å². The molecule has 0 spiro atoms. The van der Waals surface area contributed by atoms with Gasteiger partial charge in [0.05, 0.1) is 7.11 Å². The molecular weight excluding hydrogens is 190 g/mol. The van der Waals surface area contributed by atoms with Crippen molar-refractivity contribution in [3.63, 3.8) is 0 Å². The second-order valence-corrected chi connectivity index (χ2v) is 3.84. The smallest absolute Gasteiger partial charge is 0.161 e. The summed E-state index contributed by atoms with van der Waals surface area (Å²) in [7, 11) is 1.64. The summed E-state index contributed by atoms with van der Waals surface area (Å²) in [4.78, 5) is 0. The maximum atomic E-state index is 5.74. The molecule has 0 aliphatic carbocycles. The van der Waals surface area contributed by atoms with Crippen molar-refractivity contribution in [3.8, 4) is 11.5 Å². The number of methoxy groups -OCH3 is 1. The predicted molar refractivity (Wildman–Crippen MR) is 61.5 cm³/mol. The molecule has 1 aromatic rings. The molecule has 1 unspecified atom stereocenters. The van der Waals surface area contributed by atoms with Crippen LogP contribution in [0.3, 0.4) is 0 Å². The molecule has 1 aromatic carbocycles. The van der Waals surface area contributed by atoms with Crippen LogP contribution < -0.4 is 15.2 Å². The molecule has 0 aliphatic rings. The summed E-state index contributed by atoms with van der Waals surface area (Å²) < 4.78 is 10.9. The second-order valence-electron chi connectivity index (χ2n) is 3.84. The number of rotatable bonds is 4. The normalized spacial score (nSPS) is 14.5. The Morgan fingerprint density at radius 2 is 1.87 bits per heavy atom. The molecule has 0 heterocycles. The minimum atomic E-state index is -0.0263. The average Bonchev–Trinajstić information content (AvgIpc) is 2.20. The summed E-state index contributed by atoms with van der Waals surface area (Å²) >= 11 is 0. The van der Waals surface area contributed by atoms with Crippen LogP contribution in [-0.2, 0) is 0 Å². The number of aryl methyl sites for hydroxylation is 1. The third-order valence-electron chi connectivity index (χ3n) is 2.37. The predicted octanol–water partition coefficient (Wildman–Crippen LogP) is 2.12. The van der Waals surface area contributed by atoms with E-state index in [1.165, 1.54) is 0 Å². The summed E-state index contributed by atoms with van der Waals surface area (Å²) in [6, 6.07) is 5.85. The Kier molecular flexibility index (Phi) is 3.97. The third kappa shape index (κ3) is 3.13. The van der Waals surface area contributed by atoms with Crippen LogP contribution in [0.25, 0.3) is 0 Å². The van der Waals surface area contributed by atoms with Gasteiger partial charge in [-0.2, -0.15) is 0 Å². The van der Waals surface area contributed by atoms with Crippen molar-refractivity contribution in [2.75, 3.05) is 7.11 Å². The van der Waals surface area contributed by atoms with Crippen LogP contribution >= 0.6 is 0 Å². The topological polar surface area (TPSA) is 44.5 Å². The maximum Gasteiger partial charge on any atom is 0.161 e. The van der Waals surface area contributed by atoms with Gasteiger partial charge in [-0.15, -0.1) is 0 Å². The molecule has 0 bridgehead atoms. The maximum absolute atomic E-state index is 5.74. The monoisotopic (exact) mass is 209 g/mol. The molecule has 0 aromatic heterocycles. The first-order valence-corrected chi connectivity index (χ1v) is 5.11. The van der Waals surface area contributed by atoms with Crippen molar-refractivity contribution < 1.29 is 9.47 Å². The molecular formula is C12H19NO2. The molecule has 3 nitrogen and oxygen atoms in total. The van der Waals surface area contributed by atoms with Gasteiger partial charge in [0.1, 0.15) is 6.10 Å². The first-order chi connectivity index (χ1) is 7.04. The van der Waals surface area contributed by atoms with E-state index in [2.05, 4.69) is 0 Å². The van der Waals surface area contributed by atoms with Crippen LogP contribution in [0, 0.1) is 6.92 Å². The number of hydrogen-bond donors (Lipinski definition) is 1. The standard InChI is InChI=1S/C12H19NO2/c1-8-5-6-11(12(7-8)14-4)15-10(3)9(2)13/h5-7,9-10H,13H2,1-4H3/t9-,10?/m1/s1. The van der Waals surface area contributed by atoms with Gasteiger partial charge in [-0.3, -0.25) is 0 Å². The SMILES string of the molecule is COc1cc(C)ccc1OC(C)[C@@H](C)N. The minimum absolute atomic E-state index is 0.00370. The van der Waals surface area contributed by atoms with Crippen molar-refractivity contribution in [2.24, 2.45) is 5.73 Å². The van der Waals surface area contributed by atoms with Crippen molar-refractivity contribution >= 4 is 0 Å². The number of nitrogens with two attached hydrogens (primary N) is 1. The summed E-state index contributed by atoms with van der Waals surface area (Å²) in [5, 5.41) is 0. The van der Waals surface area contributed by atoms with Crippen LogP contribution in [0.2, 0.25) is 0 Å². The lowest BCUT2D eigenvalue weighted by Crippen LogP contribution is -2.33. The summed E-state index contributed by atoms with van der Waals surface area (Å²) in [6.45, 7) is 5.89. The van der Waals surface area contributed by atoms with Gasteiger partial charge < -0.3 is 15.2 Å². The fraction of sp³-hybridized carbons (Fsp3) is 0.500.